The van der Waals surface area contributed by atoms with Crippen LogP contribution in [0.3, 0.4) is 0 Å². The molecule has 7 heteroatoms. The quantitative estimate of drug-likeness (QED) is 0.849. The predicted molar refractivity (Wildman–Crippen MR) is 63.8 cm³/mol. The van der Waals surface area contributed by atoms with Crippen molar-refractivity contribution >= 4 is 10.0 Å². The molecule has 0 bridgehead atoms. The van der Waals surface area contributed by atoms with E-state index < -0.39 is 10.0 Å². The third kappa shape index (κ3) is 2.74. The van der Waals surface area contributed by atoms with Gasteiger partial charge in [0, 0.05) is 12.4 Å². The maximum Gasteiger partial charge on any atom is 0.241 e. The van der Waals surface area contributed by atoms with E-state index in [2.05, 4.69) is 14.7 Å². The summed E-state index contributed by atoms with van der Waals surface area (Å²) in [5.41, 5.74) is 0.302. The van der Waals surface area contributed by atoms with E-state index in [0.717, 1.165) is 0 Å². The molecule has 0 radical (unpaired) electrons. The number of imidazole rings is 1. The lowest BCUT2D eigenvalue weighted by Gasteiger charge is -2.05. The van der Waals surface area contributed by atoms with Crippen LogP contribution in [0.2, 0.25) is 0 Å². The van der Waals surface area contributed by atoms with E-state index >= 15 is 0 Å². The van der Waals surface area contributed by atoms with Gasteiger partial charge in [-0.25, -0.2) is 18.1 Å². The number of nitriles is 1. The molecule has 0 spiro atoms. The SMILES string of the molecule is N#Cc1cccc(S(=O)(=O)NCc2ncc[nH]2)c1. The van der Waals surface area contributed by atoms with Crippen LogP contribution in [0.5, 0.6) is 0 Å². The minimum absolute atomic E-state index is 0.0631. The molecular weight excluding hydrogens is 252 g/mol. The Bertz CT molecular complexity index is 671. The van der Waals surface area contributed by atoms with Crippen molar-refractivity contribution in [3.8, 4) is 6.07 Å². The second-order valence-corrected chi connectivity index (χ2v) is 5.27. The highest BCUT2D eigenvalue weighted by Crippen LogP contribution is 2.11. The maximum atomic E-state index is 11.9. The van der Waals surface area contributed by atoms with Gasteiger partial charge in [-0.2, -0.15) is 5.26 Å². The van der Waals surface area contributed by atoms with Crippen LogP contribution in [0, 0.1) is 11.3 Å². The average Bonchev–Trinajstić information content (AvgIpc) is 2.90. The van der Waals surface area contributed by atoms with Gasteiger partial charge in [0.25, 0.3) is 0 Å². The number of hydrogen-bond acceptors (Lipinski definition) is 4. The Labute approximate surface area is 104 Å². The highest BCUT2D eigenvalue weighted by Gasteiger charge is 2.14. The molecule has 0 unspecified atom stereocenters. The summed E-state index contributed by atoms with van der Waals surface area (Å²) in [6.45, 7) is 0.0755. The summed E-state index contributed by atoms with van der Waals surface area (Å²) in [5, 5.41) is 8.73. The Morgan fingerprint density at radius 3 is 2.94 bits per heavy atom. The van der Waals surface area contributed by atoms with Crippen LogP contribution in [-0.4, -0.2) is 18.4 Å². The second-order valence-electron chi connectivity index (χ2n) is 3.50. The normalized spacial score (nSPS) is 11.1. The lowest BCUT2D eigenvalue weighted by atomic mass is 10.2. The van der Waals surface area contributed by atoms with Gasteiger partial charge in [-0.15, -0.1) is 0 Å². The topological polar surface area (TPSA) is 98.6 Å². The predicted octanol–water partition coefficient (Wildman–Crippen LogP) is 0.760. The maximum absolute atomic E-state index is 11.9. The summed E-state index contributed by atoms with van der Waals surface area (Å²) in [7, 11) is -3.63. The zero-order valence-electron chi connectivity index (χ0n) is 9.29. The monoisotopic (exact) mass is 262 g/mol. The molecule has 1 aromatic heterocycles. The van der Waals surface area contributed by atoms with Gasteiger partial charge in [0.2, 0.25) is 10.0 Å². The molecular formula is C11H10N4O2S. The first-order valence-corrected chi connectivity index (χ1v) is 6.58. The fourth-order valence-corrected chi connectivity index (χ4v) is 2.41. The summed E-state index contributed by atoms with van der Waals surface area (Å²) in [6.07, 6.45) is 3.15. The van der Waals surface area contributed by atoms with Gasteiger partial charge in [-0.1, -0.05) is 6.07 Å². The zero-order chi connectivity index (χ0) is 13.0. The molecule has 0 amide bonds. The number of nitrogens with one attached hydrogen (secondary N) is 2. The molecule has 1 aromatic carbocycles. The van der Waals surface area contributed by atoms with E-state index in [1.54, 1.807) is 18.5 Å². The summed E-state index contributed by atoms with van der Waals surface area (Å²) in [6, 6.07) is 7.73. The number of nitrogens with zero attached hydrogens (tertiary/aromatic N) is 2. The van der Waals surface area contributed by atoms with Crippen LogP contribution in [0.15, 0.2) is 41.6 Å². The molecule has 0 aliphatic carbocycles. The first kappa shape index (κ1) is 12.3. The number of sulfonamides is 1. The van der Waals surface area contributed by atoms with Crippen molar-refractivity contribution in [2.45, 2.75) is 11.4 Å². The van der Waals surface area contributed by atoms with E-state index in [9.17, 15) is 8.42 Å². The van der Waals surface area contributed by atoms with Gasteiger partial charge in [0.15, 0.2) is 0 Å². The number of aromatic amines is 1. The Kier molecular flexibility index (Phi) is 3.41. The molecule has 2 N–H and O–H groups in total. The molecule has 0 saturated carbocycles. The zero-order valence-corrected chi connectivity index (χ0v) is 10.1. The van der Waals surface area contributed by atoms with Gasteiger partial charge < -0.3 is 4.98 Å². The van der Waals surface area contributed by atoms with E-state index in [1.165, 1.54) is 18.2 Å². The smallest absolute Gasteiger partial charge is 0.241 e. The summed E-state index contributed by atoms with van der Waals surface area (Å²) in [4.78, 5) is 6.77. The van der Waals surface area contributed by atoms with Gasteiger partial charge >= 0.3 is 0 Å². The standard InChI is InChI=1S/C11H10N4O2S/c12-7-9-2-1-3-10(6-9)18(16,17)15-8-11-13-4-5-14-11/h1-6,15H,8H2,(H,13,14). The van der Waals surface area contributed by atoms with Gasteiger partial charge in [0.1, 0.15) is 5.82 Å². The molecule has 0 saturated heterocycles. The fourth-order valence-electron chi connectivity index (χ4n) is 1.37. The van der Waals surface area contributed by atoms with Crippen molar-refractivity contribution in [3.63, 3.8) is 0 Å². The van der Waals surface area contributed by atoms with Gasteiger partial charge in [-0.3, -0.25) is 0 Å². The third-order valence-electron chi connectivity index (χ3n) is 2.26. The Morgan fingerprint density at radius 2 is 2.28 bits per heavy atom. The van der Waals surface area contributed by atoms with E-state index in [0.29, 0.717) is 11.4 Å². The summed E-state index contributed by atoms with van der Waals surface area (Å²) < 4.78 is 26.3. The lowest BCUT2D eigenvalue weighted by molar-refractivity contribution is 0.579. The molecule has 0 atom stereocenters. The second kappa shape index (κ2) is 5.00. The van der Waals surface area contributed by atoms with Crippen molar-refractivity contribution < 1.29 is 8.42 Å². The Morgan fingerprint density at radius 1 is 1.44 bits per heavy atom. The van der Waals surface area contributed by atoms with Crippen LogP contribution < -0.4 is 4.72 Å². The third-order valence-corrected chi connectivity index (χ3v) is 3.66. The van der Waals surface area contributed by atoms with Crippen molar-refractivity contribution in [2.24, 2.45) is 0 Å². The van der Waals surface area contributed by atoms with Gasteiger partial charge in [0.05, 0.1) is 23.1 Å². The van der Waals surface area contributed by atoms with Crippen molar-refractivity contribution in [2.75, 3.05) is 0 Å². The lowest BCUT2D eigenvalue weighted by Crippen LogP contribution is -2.23. The fraction of sp³-hybridized carbons (Fsp3) is 0.0909. The molecule has 1 heterocycles. The molecule has 92 valence electrons. The highest BCUT2D eigenvalue weighted by atomic mass is 32.2. The van der Waals surface area contributed by atoms with E-state index in [4.69, 9.17) is 5.26 Å². The Balaban J connectivity index is 2.18. The summed E-state index contributed by atoms with van der Waals surface area (Å²) in [5.74, 6) is 0.523. The largest absolute Gasteiger partial charge is 0.347 e. The highest BCUT2D eigenvalue weighted by molar-refractivity contribution is 7.89. The number of aromatic nitrogens is 2. The first-order valence-electron chi connectivity index (χ1n) is 5.10. The average molecular weight is 262 g/mol. The van der Waals surface area contributed by atoms with Crippen molar-refractivity contribution in [3.05, 3.63) is 48.0 Å². The molecule has 18 heavy (non-hydrogen) atoms. The Hall–Kier alpha value is -2.17. The molecule has 0 aliphatic heterocycles. The number of benzene rings is 1. The number of hydrogen-bond donors (Lipinski definition) is 2. The molecule has 6 nitrogen and oxygen atoms in total. The number of H-pyrrole nitrogens is 1. The van der Waals surface area contributed by atoms with E-state index in [1.807, 2.05) is 6.07 Å². The molecule has 2 aromatic rings. The minimum Gasteiger partial charge on any atom is -0.347 e. The first-order chi connectivity index (χ1) is 8.62. The molecule has 0 fully saturated rings. The van der Waals surface area contributed by atoms with Crippen molar-refractivity contribution in [1.82, 2.24) is 14.7 Å². The number of rotatable bonds is 4. The van der Waals surface area contributed by atoms with Crippen LogP contribution in [0.25, 0.3) is 0 Å². The van der Waals surface area contributed by atoms with Crippen molar-refractivity contribution in [1.29, 1.82) is 5.26 Å². The van der Waals surface area contributed by atoms with Crippen LogP contribution in [-0.2, 0) is 16.6 Å². The summed E-state index contributed by atoms with van der Waals surface area (Å²) >= 11 is 0. The van der Waals surface area contributed by atoms with Crippen LogP contribution in [0.1, 0.15) is 11.4 Å². The van der Waals surface area contributed by atoms with Gasteiger partial charge in [-0.05, 0) is 18.2 Å². The molecule has 2 rings (SSSR count). The van der Waals surface area contributed by atoms with Crippen LogP contribution in [0.4, 0.5) is 0 Å². The van der Waals surface area contributed by atoms with E-state index in [-0.39, 0.29) is 11.4 Å². The molecule has 0 aliphatic rings. The minimum atomic E-state index is -3.63. The van der Waals surface area contributed by atoms with Crippen LogP contribution >= 0.6 is 0 Å².